The molecule has 0 atom stereocenters. The Balaban J connectivity index is 1.11. The minimum atomic E-state index is -1.47. The number of hydrogen-bond acceptors (Lipinski definition) is 18. The Hall–Kier alpha value is -4.92. The topological polar surface area (TPSA) is 166 Å². The van der Waals surface area contributed by atoms with Crippen molar-refractivity contribution in [2.24, 2.45) is 32.5 Å². The zero-order valence-corrected chi connectivity index (χ0v) is 54.8. The van der Waals surface area contributed by atoms with E-state index < -0.39 is 34.7 Å². The van der Waals surface area contributed by atoms with Crippen molar-refractivity contribution < 1.29 is 85.3 Å². The van der Waals surface area contributed by atoms with Crippen LogP contribution in [0.3, 0.4) is 0 Å². The number of fused-ring (bicyclic) bond motifs is 21. The fourth-order valence-electron chi connectivity index (χ4n) is 10.7. The summed E-state index contributed by atoms with van der Waals surface area (Å²) < 4.78 is 121. The van der Waals surface area contributed by atoms with Crippen LogP contribution in [0.25, 0.3) is 0 Å². The van der Waals surface area contributed by atoms with Gasteiger partial charge in [-0.25, -0.2) is 0 Å². The summed E-state index contributed by atoms with van der Waals surface area (Å²) in [4.78, 5) is 0. The van der Waals surface area contributed by atoms with Crippen molar-refractivity contribution >= 4 is 0 Å². The van der Waals surface area contributed by atoms with E-state index in [2.05, 4.69) is 154 Å². The largest absolute Gasteiger partial charge is 0.363 e. The van der Waals surface area contributed by atoms with Gasteiger partial charge >= 0.3 is 0 Å². The highest BCUT2D eigenvalue weighted by Crippen LogP contribution is 2.48. The van der Waals surface area contributed by atoms with E-state index in [1.165, 1.54) is 0 Å². The van der Waals surface area contributed by atoms with Crippen molar-refractivity contribution in [3.05, 3.63) is 69.8 Å². The van der Waals surface area contributed by atoms with Crippen molar-refractivity contribution in [1.82, 2.24) is 0 Å². The van der Waals surface area contributed by atoms with E-state index in [1.807, 2.05) is 36.4 Å². The Kier molecular flexibility index (Phi) is 20.8. The Bertz CT molecular complexity index is 2640. The molecule has 9 aliphatic rings. The predicted molar refractivity (Wildman–Crippen MR) is 329 cm³/mol. The standard InChI is InChI=1S/C72H90O18/c1-61(2)37-79-67(80-38-61)49-73-25-19-13-14-20-28-76-52-70(85-43-64(7,8)44-86-70)58-34-59-36-60(35-58)72(89-47-66(11,12)48-90-72)54-78-30-24-18-16-22-27-75-51-69(83-41-63(5,6)42-84-69)57-32-55(67)31-56(33-57)68(81-39-62(3,4)40-82-68)50-74-26-21-15-17-23-29-77-53-71(59)87-45-65(9,10)46-88-71/h31-36H,25-30,37-54H2,1-12H3. The van der Waals surface area contributed by atoms with Gasteiger partial charge in [0.1, 0.15) is 79.3 Å². The molecule has 0 saturated carbocycles. The summed E-state index contributed by atoms with van der Waals surface area (Å²) in [5.74, 6) is 27.2. The van der Waals surface area contributed by atoms with Crippen LogP contribution in [0.2, 0.25) is 0 Å². The van der Waals surface area contributed by atoms with E-state index in [-0.39, 0.29) is 112 Å². The maximum atomic E-state index is 6.87. The number of rotatable bonds is 0. The van der Waals surface area contributed by atoms with Crippen molar-refractivity contribution in [3.8, 4) is 71.0 Å². The van der Waals surface area contributed by atoms with Gasteiger partial charge in [0.15, 0.2) is 0 Å². The third-order valence-electron chi connectivity index (χ3n) is 16.4. The molecular weight excluding hydrogens is 1150 g/mol. The van der Waals surface area contributed by atoms with Gasteiger partial charge in [-0.2, -0.15) is 0 Å². The number of hydrogen-bond donors (Lipinski definition) is 0. The van der Waals surface area contributed by atoms with Crippen molar-refractivity contribution in [3.63, 3.8) is 0 Å². The van der Waals surface area contributed by atoms with Gasteiger partial charge in [-0.05, 0) is 71.9 Å². The van der Waals surface area contributed by atoms with Gasteiger partial charge in [0.05, 0.1) is 79.3 Å². The Morgan fingerprint density at radius 3 is 0.444 bits per heavy atom. The van der Waals surface area contributed by atoms with Crippen molar-refractivity contribution in [2.75, 3.05) is 159 Å². The third kappa shape index (κ3) is 16.5. The second kappa shape index (κ2) is 27.6. The molecule has 18 nitrogen and oxygen atoms in total. The number of benzene rings is 2. The average molecular weight is 1240 g/mol. The van der Waals surface area contributed by atoms with E-state index in [9.17, 15) is 0 Å². The summed E-state index contributed by atoms with van der Waals surface area (Å²) in [5.41, 5.74) is 1.54. The second-order valence-corrected chi connectivity index (χ2v) is 29.3. The highest BCUT2D eigenvalue weighted by atomic mass is 16.8. The van der Waals surface area contributed by atoms with Crippen LogP contribution < -0.4 is 0 Å². The molecule has 9 aliphatic heterocycles. The molecule has 0 radical (unpaired) electrons. The Morgan fingerprint density at radius 1 is 0.200 bits per heavy atom. The van der Waals surface area contributed by atoms with Crippen molar-refractivity contribution in [2.45, 2.75) is 118 Å². The molecule has 486 valence electrons. The van der Waals surface area contributed by atoms with Crippen LogP contribution >= 0.6 is 0 Å². The fraction of sp³-hybridized carbons (Fsp3) is 0.667. The molecule has 6 spiro atoms. The average Bonchev–Trinajstić information content (AvgIpc) is 0.750. The SMILES string of the molecule is CC1(C)COC2(COCC#CC#CCOCC3(OCC(C)(C)CO3)c3cc4cc(c3)C3(COCC#CC#CCOCC5(OCC(C)(C)CO5)c5cc2cc(c5)C2(COCC#CC#CCOCC45OCC(C)(C)CO5)OCC(C)(C)CO2)OCC(C)(C)CO3)OC1. The van der Waals surface area contributed by atoms with E-state index in [1.54, 1.807) is 0 Å². The summed E-state index contributed by atoms with van der Waals surface area (Å²) in [7, 11) is 0. The Morgan fingerprint density at radius 2 is 0.322 bits per heavy atom. The molecule has 11 rings (SSSR count). The number of ether oxygens (including phenoxy) is 18. The first kappa shape index (κ1) is 68.0. The monoisotopic (exact) mass is 1240 g/mol. The summed E-state index contributed by atoms with van der Waals surface area (Å²) in [5, 5.41) is 0. The molecule has 18 heteroatoms. The van der Waals surface area contributed by atoms with E-state index in [0.29, 0.717) is 113 Å². The summed E-state index contributed by atoms with van der Waals surface area (Å²) in [6.45, 7) is 28.6. The zero-order valence-electron chi connectivity index (χ0n) is 54.8. The van der Waals surface area contributed by atoms with Gasteiger partial charge < -0.3 is 85.3 Å². The maximum Gasteiger partial charge on any atom is 0.219 e. The highest BCUT2D eigenvalue weighted by molar-refractivity contribution is 5.41. The molecule has 2 aromatic rings. The molecular formula is C72H90O18. The molecule has 6 fully saturated rings. The van der Waals surface area contributed by atoms with Gasteiger partial charge in [0.2, 0.25) is 34.7 Å². The van der Waals surface area contributed by atoms with Gasteiger partial charge in [-0.15, -0.1) is 0 Å². The first-order valence-electron chi connectivity index (χ1n) is 31.1. The van der Waals surface area contributed by atoms with Crippen LogP contribution in [0.15, 0.2) is 36.4 Å². The third-order valence-corrected chi connectivity index (χ3v) is 16.4. The zero-order chi connectivity index (χ0) is 63.9. The molecule has 2 aromatic carbocycles. The van der Waals surface area contributed by atoms with Gasteiger partial charge in [-0.1, -0.05) is 119 Å². The predicted octanol–water partition coefficient (Wildman–Crippen LogP) is 7.89. The lowest BCUT2D eigenvalue weighted by Gasteiger charge is -2.47. The molecule has 0 aliphatic carbocycles. The molecule has 6 saturated heterocycles. The first-order chi connectivity index (χ1) is 42.7. The van der Waals surface area contributed by atoms with E-state index in [4.69, 9.17) is 85.3 Å². The van der Waals surface area contributed by atoms with Gasteiger partial charge in [0, 0.05) is 65.9 Å². The van der Waals surface area contributed by atoms with Crippen LogP contribution in [-0.2, 0) is 120 Å². The summed E-state index contributed by atoms with van der Waals surface area (Å²) in [6.07, 6.45) is 0. The van der Waals surface area contributed by atoms with Crippen molar-refractivity contribution in [1.29, 1.82) is 0 Å². The van der Waals surface area contributed by atoms with Gasteiger partial charge in [0.25, 0.3) is 0 Å². The highest BCUT2D eigenvalue weighted by Gasteiger charge is 2.53. The molecule has 6 bridgehead atoms. The lowest BCUT2D eigenvalue weighted by atomic mass is 9.88. The van der Waals surface area contributed by atoms with Crippen LogP contribution in [-0.4, -0.2) is 159 Å². The quantitative estimate of drug-likeness (QED) is 0.234. The van der Waals surface area contributed by atoms with Crippen LogP contribution in [0.5, 0.6) is 0 Å². The minimum absolute atomic E-state index is 0.0108. The Labute approximate surface area is 532 Å². The van der Waals surface area contributed by atoms with Gasteiger partial charge in [-0.3, -0.25) is 0 Å². The lowest BCUT2D eigenvalue weighted by Crippen LogP contribution is -2.51. The van der Waals surface area contributed by atoms with Crippen LogP contribution in [0.1, 0.15) is 116 Å². The molecule has 90 heavy (non-hydrogen) atoms. The molecule has 9 heterocycles. The first-order valence-corrected chi connectivity index (χ1v) is 31.1. The van der Waals surface area contributed by atoms with Crippen LogP contribution in [0.4, 0.5) is 0 Å². The molecule has 0 aromatic heterocycles. The van der Waals surface area contributed by atoms with E-state index in [0.717, 1.165) is 0 Å². The fourth-order valence-corrected chi connectivity index (χ4v) is 10.7. The van der Waals surface area contributed by atoms with E-state index >= 15 is 0 Å². The molecule has 0 amide bonds. The molecule has 0 unspecified atom stereocenters. The molecule has 0 N–H and O–H groups in total. The van der Waals surface area contributed by atoms with Crippen LogP contribution in [0, 0.1) is 104 Å². The lowest BCUT2D eigenvalue weighted by molar-refractivity contribution is -0.330. The second-order valence-electron chi connectivity index (χ2n) is 29.3. The maximum absolute atomic E-state index is 6.87. The normalized spacial score (nSPS) is 27.2. The summed E-state index contributed by atoms with van der Waals surface area (Å²) >= 11 is 0. The summed E-state index contributed by atoms with van der Waals surface area (Å²) in [6, 6.07) is 11.7. The smallest absolute Gasteiger partial charge is 0.219 e. The minimum Gasteiger partial charge on any atom is -0.363 e.